The van der Waals surface area contributed by atoms with Crippen LogP contribution in [0.3, 0.4) is 0 Å². The van der Waals surface area contributed by atoms with Crippen LogP contribution in [0.25, 0.3) is 10.9 Å². The molecule has 1 N–H and O–H groups in total. The summed E-state index contributed by atoms with van der Waals surface area (Å²) in [4.78, 5) is 28.3. The van der Waals surface area contributed by atoms with Crippen molar-refractivity contribution in [3.63, 3.8) is 0 Å². The van der Waals surface area contributed by atoms with E-state index in [0.717, 1.165) is 16.6 Å². The number of nitriles is 1. The van der Waals surface area contributed by atoms with Gasteiger partial charge in [0.25, 0.3) is 5.56 Å². The number of hydrogen-bond acceptors (Lipinski definition) is 4. The summed E-state index contributed by atoms with van der Waals surface area (Å²) in [6.45, 7) is 1.36. The predicted molar refractivity (Wildman–Crippen MR) is 138 cm³/mol. The Morgan fingerprint density at radius 2 is 1.64 bits per heavy atom. The Kier molecular flexibility index (Phi) is 6.50. The van der Waals surface area contributed by atoms with Gasteiger partial charge in [0, 0.05) is 30.1 Å². The number of rotatable bonds is 5. The predicted octanol–water partition coefficient (Wildman–Crippen LogP) is 4.92. The Balaban J connectivity index is 1.44. The summed E-state index contributed by atoms with van der Waals surface area (Å²) in [5.41, 5.74) is 2.58. The van der Waals surface area contributed by atoms with Crippen LogP contribution in [-0.4, -0.2) is 23.6 Å². The van der Waals surface area contributed by atoms with Crippen molar-refractivity contribution in [3.8, 4) is 6.07 Å². The SMILES string of the molecule is N#Cc1c(N2CCC(C(=O)Nc3ccccc3)CC2)c2ccccc2n(Cc2ccc(F)cc2)c1=O. The average Bonchev–Trinajstić information content (AvgIpc) is 2.91. The minimum atomic E-state index is -0.375. The van der Waals surface area contributed by atoms with Crippen LogP contribution in [0.4, 0.5) is 15.8 Å². The first-order valence-electron chi connectivity index (χ1n) is 12.0. The number of hydrogen-bond donors (Lipinski definition) is 1. The van der Waals surface area contributed by atoms with Crippen LogP contribution >= 0.6 is 0 Å². The lowest BCUT2D eigenvalue weighted by Gasteiger charge is -2.34. The molecule has 1 aliphatic heterocycles. The van der Waals surface area contributed by atoms with E-state index in [9.17, 15) is 19.2 Å². The van der Waals surface area contributed by atoms with Gasteiger partial charge in [-0.05, 0) is 48.7 Å². The minimum absolute atomic E-state index is 0.0130. The van der Waals surface area contributed by atoms with Gasteiger partial charge in [0.05, 0.1) is 17.7 Å². The summed E-state index contributed by atoms with van der Waals surface area (Å²) in [6, 6.07) is 25.1. The molecule has 1 fully saturated rings. The van der Waals surface area contributed by atoms with Gasteiger partial charge >= 0.3 is 0 Å². The van der Waals surface area contributed by atoms with Gasteiger partial charge in [0.2, 0.25) is 5.91 Å². The number of carbonyl (C=O) groups is 1. The summed E-state index contributed by atoms with van der Waals surface area (Å²) in [6.07, 6.45) is 1.24. The first-order chi connectivity index (χ1) is 17.5. The molecule has 4 aromatic rings. The molecule has 0 spiro atoms. The van der Waals surface area contributed by atoms with E-state index in [4.69, 9.17) is 0 Å². The topological polar surface area (TPSA) is 78.1 Å². The van der Waals surface area contributed by atoms with E-state index in [0.29, 0.717) is 37.1 Å². The van der Waals surface area contributed by atoms with E-state index in [2.05, 4.69) is 16.3 Å². The van der Waals surface area contributed by atoms with Gasteiger partial charge in [0.15, 0.2) is 0 Å². The Bertz CT molecular complexity index is 1500. The third kappa shape index (κ3) is 4.58. The number of carbonyl (C=O) groups excluding carboxylic acids is 1. The second-order valence-corrected chi connectivity index (χ2v) is 8.99. The zero-order chi connectivity index (χ0) is 25.1. The third-order valence-corrected chi connectivity index (χ3v) is 6.73. The molecule has 36 heavy (non-hydrogen) atoms. The fraction of sp³-hybridized carbons (Fsp3) is 0.207. The lowest BCUT2D eigenvalue weighted by atomic mass is 9.94. The molecule has 1 aromatic heterocycles. The highest BCUT2D eigenvalue weighted by molar-refractivity contribution is 5.96. The number of piperidine rings is 1. The van der Waals surface area contributed by atoms with Gasteiger partial charge in [-0.15, -0.1) is 0 Å². The van der Waals surface area contributed by atoms with Crippen molar-refractivity contribution in [3.05, 3.63) is 106 Å². The molecule has 0 saturated carbocycles. The monoisotopic (exact) mass is 480 g/mol. The molecule has 1 saturated heterocycles. The second kappa shape index (κ2) is 10.0. The lowest BCUT2D eigenvalue weighted by molar-refractivity contribution is -0.120. The van der Waals surface area contributed by atoms with Gasteiger partial charge in [-0.1, -0.05) is 48.5 Å². The Morgan fingerprint density at radius 1 is 0.972 bits per heavy atom. The Labute approximate surface area is 208 Å². The second-order valence-electron chi connectivity index (χ2n) is 8.99. The highest BCUT2D eigenvalue weighted by Crippen LogP contribution is 2.32. The van der Waals surface area contributed by atoms with Crippen molar-refractivity contribution in [1.82, 2.24) is 4.57 Å². The van der Waals surface area contributed by atoms with Crippen LogP contribution in [0.2, 0.25) is 0 Å². The van der Waals surface area contributed by atoms with Gasteiger partial charge in [-0.25, -0.2) is 4.39 Å². The normalized spacial score (nSPS) is 13.9. The van der Waals surface area contributed by atoms with Crippen LogP contribution < -0.4 is 15.8 Å². The summed E-state index contributed by atoms with van der Waals surface area (Å²) in [5, 5.41) is 13.8. The first kappa shape index (κ1) is 23.3. The number of halogens is 1. The molecule has 6 nitrogen and oxygen atoms in total. The lowest BCUT2D eigenvalue weighted by Crippen LogP contribution is -2.40. The molecule has 0 bridgehead atoms. The zero-order valence-corrected chi connectivity index (χ0v) is 19.7. The smallest absolute Gasteiger partial charge is 0.271 e. The number of anilines is 2. The number of nitrogens with zero attached hydrogens (tertiary/aromatic N) is 3. The van der Waals surface area contributed by atoms with Gasteiger partial charge in [-0.2, -0.15) is 5.26 Å². The number of aromatic nitrogens is 1. The standard InChI is InChI=1S/C29H25FN4O2/c30-22-12-10-20(11-13-22)19-34-26-9-5-4-8-24(26)27(25(18-31)29(34)36)33-16-14-21(15-17-33)28(35)32-23-6-2-1-3-7-23/h1-13,21H,14-17,19H2,(H,32,35). The van der Waals surface area contributed by atoms with E-state index < -0.39 is 0 Å². The molecule has 0 radical (unpaired) electrons. The fourth-order valence-corrected chi connectivity index (χ4v) is 4.88. The number of pyridine rings is 1. The van der Waals surface area contributed by atoms with E-state index in [1.807, 2.05) is 54.6 Å². The van der Waals surface area contributed by atoms with Gasteiger partial charge in [0.1, 0.15) is 17.4 Å². The van der Waals surface area contributed by atoms with Crippen molar-refractivity contribution in [1.29, 1.82) is 5.26 Å². The molecule has 3 aromatic carbocycles. The van der Waals surface area contributed by atoms with Gasteiger partial charge in [-0.3, -0.25) is 9.59 Å². The van der Waals surface area contributed by atoms with E-state index in [-0.39, 0.29) is 35.3 Å². The third-order valence-electron chi connectivity index (χ3n) is 6.73. The fourth-order valence-electron chi connectivity index (χ4n) is 4.88. The average molecular weight is 481 g/mol. The van der Waals surface area contributed by atoms with Crippen molar-refractivity contribution >= 4 is 28.2 Å². The summed E-state index contributed by atoms with van der Waals surface area (Å²) in [7, 11) is 0. The van der Waals surface area contributed by atoms with Crippen LogP contribution in [0.1, 0.15) is 24.0 Å². The molecule has 2 heterocycles. The van der Waals surface area contributed by atoms with Crippen molar-refractivity contribution in [2.45, 2.75) is 19.4 Å². The highest BCUT2D eigenvalue weighted by Gasteiger charge is 2.29. The molecule has 1 amide bonds. The van der Waals surface area contributed by atoms with Crippen LogP contribution in [-0.2, 0) is 11.3 Å². The van der Waals surface area contributed by atoms with E-state index in [1.54, 1.807) is 16.7 Å². The summed E-state index contributed by atoms with van der Waals surface area (Å²) in [5.74, 6) is -0.497. The number of fused-ring (bicyclic) bond motifs is 1. The van der Waals surface area contributed by atoms with Crippen molar-refractivity contribution < 1.29 is 9.18 Å². The molecule has 5 rings (SSSR count). The molecule has 1 aliphatic rings. The molecule has 180 valence electrons. The number of amides is 1. The Morgan fingerprint density at radius 3 is 2.33 bits per heavy atom. The van der Waals surface area contributed by atoms with Crippen LogP contribution in [0.15, 0.2) is 83.7 Å². The van der Waals surface area contributed by atoms with E-state index in [1.165, 1.54) is 12.1 Å². The van der Waals surface area contributed by atoms with Crippen LogP contribution in [0, 0.1) is 23.1 Å². The molecule has 0 aliphatic carbocycles. The van der Waals surface area contributed by atoms with Crippen molar-refractivity contribution in [2.24, 2.45) is 5.92 Å². The molecule has 0 unspecified atom stereocenters. The summed E-state index contributed by atoms with van der Waals surface area (Å²) < 4.78 is 15.0. The van der Waals surface area contributed by atoms with E-state index >= 15 is 0 Å². The quantitative estimate of drug-likeness (QED) is 0.440. The van der Waals surface area contributed by atoms with Crippen molar-refractivity contribution in [2.75, 3.05) is 23.3 Å². The maximum absolute atomic E-state index is 13.5. The molecule has 0 atom stereocenters. The molecular weight excluding hydrogens is 455 g/mol. The number of para-hydroxylation sites is 2. The molecular formula is C29H25FN4O2. The molecule has 7 heteroatoms. The maximum Gasteiger partial charge on any atom is 0.271 e. The highest BCUT2D eigenvalue weighted by atomic mass is 19.1. The Hall–Kier alpha value is -4.44. The maximum atomic E-state index is 13.5. The number of benzene rings is 3. The summed E-state index contributed by atoms with van der Waals surface area (Å²) >= 11 is 0. The minimum Gasteiger partial charge on any atom is -0.370 e. The van der Waals surface area contributed by atoms with Gasteiger partial charge < -0.3 is 14.8 Å². The van der Waals surface area contributed by atoms with Crippen LogP contribution in [0.5, 0.6) is 0 Å². The largest absolute Gasteiger partial charge is 0.370 e. The zero-order valence-electron chi connectivity index (χ0n) is 19.7. The number of nitrogens with one attached hydrogen (secondary N) is 1. The first-order valence-corrected chi connectivity index (χ1v) is 12.0.